The van der Waals surface area contributed by atoms with Gasteiger partial charge in [-0.15, -0.1) is 0 Å². The number of hydrogen-bond acceptors (Lipinski definition) is 6. The Balaban J connectivity index is 2.62. The van der Waals surface area contributed by atoms with Crippen LogP contribution in [0.15, 0.2) is 4.99 Å². The molecule has 0 aromatic carbocycles. The first-order valence-electron chi connectivity index (χ1n) is 9.11. The molecule has 12 heteroatoms. The van der Waals surface area contributed by atoms with Crippen LogP contribution in [0.25, 0.3) is 0 Å². The van der Waals surface area contributed by atoms with Crippen LogP contribution >= 0.6 is 0 Å². The average Bonchev–Trinajstić information content (AvgIpc) is 2.67. The van der Waals surface area contributed by atoms with Crippen molar-refractivity contribution in [2.75, 3.05) is 26.2 Å². The fraction of sp³-hybridized carbons (Fsp3) is 0.688. The minimum absolute atomic E-state index is 0.0768. The van der Waals surface area contributed by atoms with E-state index < -0.39 is 35.8 Å². The number of nitrogens with zero attached hydrogens (tertiary/aromatic N) is 2. The van der Waals surface area contributed by atoms with Crippen LogP contribution in [0.1, 0.15) is 32.1 Å². The molecular weight excluding hydrogens is 370 g/mol. The van der Waals surface area contributed by atoms with Crippen LogP contribution in [0.5, 0.6) is 0 Å². The molecule has 0 aliphatic carbocycles. The van der Waals surface area contributed by atoms with Gasteiger partial charge in [0.1, 0.15) is 12.1 Å². The third-order valence-corrected chi connectivity index (χ3v) is 4.30. The Hall–Kier alpha value is -2.89. The summed E-state index contributed by atoms with van der Waals surface area (Å²) in [4.78, 5) is 52.6. The van der Waals surface area contributed by atoms with Crippen LogP contribution in [-0.2, 0) is 19.2 Å². The number of hydrogen-bond donors (Lipinski definition) is 6. The van der Waals surface area contributed by atoms with Gasteiger partial charge in [-0.05, 0) is 32.1 Å². The van der Waals surface area contributed by atoms with Gasteiger partial charge in [0.25, 0.3) is 0 Å². The van der Waals surface area contributed by atoms with Gasteiger partial charge in [-0.3, -0.25) is 19.4 Å². The molecule has 2 atom stereocenters. The number of piperidine rings is 1. The molecule has 1 aliphatic rings. The number of carboxylic acid groups (broad SMARTS) is 1. The molecule has 0 spiro atoms. The topological polar surface area (TPSA) is 206 Å². The Morgan fingerprint density at radius 3 is 2.54 bits per heavy atom. The molecule has 9 N–H and O–H groups in total. The van der Waals surface area contributed by atoms with Crippen LogP contribution in [-0.4, -0.2) is 77.9 Å². The number of likely N-dealkylation sites (tertiary alicyclic amines) is 1. The maximum absolute atomic E-state index is 12.4. The molecular formula is C16H29N7O5. The normalized spacial score (nSPS) is 17.3. The van der Waals surface area contributed by atoms with Gasteiger partial charge in [0.2, 0.25) is 17.7 Å². The van der Waals surface area contributed by atoms with E-state index in [0.717, 1.165) is 6.42 Å². The minimum Gasteiger partial charge on any atom is -0.480 e. The van der Waals surface area contributed by atoms with Crippen molar-refractivity contribution >= 4 is 29.7 Å². The molecule has 1 fully saturated rings. The second-order valence-corrected chi connectivity index (χ2v) is 6.43. The zero-order valence-corrected chi connectivity index (χ0v) is 15.7. The van der Waals surface area contributed by atoms with E-state index >= 15 is 0 Å². The van der Waals surface area contributed by atoms with E-state index in [4.69, 9.17) is 17.2 Å². The van der Waals surface area contributed by atoms with Crippen LogP contribution in [0.4, 0.5) is 0 Å². The molecule has 3 amide bonds. The third kappa shape index (κ3) is 7.78. The van der Waals surface area contributed by atoms with Crippen molar-refractivity contribution in [3.63, 3.8) is 0 Å². The smallest absolute Gasteiger partial charge is 0.326 e. The van der Waals surface area contributed by atoms with Gasteiger partial charge < -0.3 is 37.8 Å². The number of guanidine groups is 1. The van der Waals surface area contributed by atoms with E-state index in [2.05, 4.69) is 15.6 Å². The van der Waals surface area contributed by atoms with Gasteiger partial charge in [-0.1, -0.05) is 0 Å². The van der Waals surface area contributed by atoms with Crippen LogP contribution < -0.4 is 27.8 Å². The molecule has 1 aliphatic heterocycles. The van der Waals surface area contributed by atoms with Crippen molar-refractivity contribution in [3.05, 3.63) is 0 Å². The number of nitrogens with one attached hydrogen (secondary N) is 2. The van der Waals surface area contributed by atoms with E-state index in [9.17, 15) is 24.3 Å². The summed E-state index contributed by atoms with van der Waals surface area (Å²) >= 11 is 0. The highest BCUT2D eigenvalue weighted by molar-refractivity contribution is 5.92. The van der Waals surface area contributed by atoms with E-state index in [0.29, 0.717) is 25.8 Å². The fourth-order valence-corrected chi connectivity index (χ4v) is 2.90. The largest absolute Gasteiger partial charge is 0.480 e. The predicted octanol–water partition coefficient (Wildman–Crippen LogP) is -2.93. The summed E-state index contributed by atoms with van der Waals surface area (Å²) in [5.41, 5.74) is 15.7. The number of carboxylic acids is 1. The molecule has 0 bridgehead atoms. The SMILES string of the molecule is NCC(=O)N[C@@H](CCCN=C(N)N)C(=O)NCC(=O)N1CCCC[C@H]1C(=O)O. The van der Waals surface area contributed by atoms with Crippen LogP contribution in [0, 0.1) is 0 Å². The molecule has 28 heavy (non-hydrogen) atoms. The van der Waals surface area contributed by atoms with E-state index in [1.165, 1.54) is 4.90 Å². The quantitative estimate of drug-likeness (QED) is 0.127. The number of aliphatic imine (C=N–C) groups is 1. The number of amides is 3. The van der Waals surface area contributed by atoms with Gasteiger partial charge in [-0.25, -0.2) is 4.79 Å². The Bertz CT molecular complexity index is 606. The van der Waals surface area contributed by atoms with Gasteiger partial charge in [0, 0.05) is 13.1 Å². The number of rotatable bonds is 10. The standard InChI is InChI=1S/C16H29N7O5/c17-8-12(24)22-10(4-3-6-20-16(18)19)14(26)21-9-13(25)23-7-2-1-5-11(23)15(27)28/h10-11H,1-9,17H2,(H,21,26)(H,22,24)(H,27,28)(H4,18,19,20)/t10-,11-/m0/s1. The lowest BCUT2D eigenvalue weighted by Crippen LogP contribution is -2.53. The summed E-state index contributed by atoms with van der Waals surface area (Å²) < 4.78 is 0. The highest BCUT2D eigenvalue weighted by atomic mass is 16.4. The highest BCUT2D eigenvalue weighted by Gasteiger charge is 2.32. The zero-order valence-electron chi connectivity index (χ0n) is 15.7. The summed E-state index contributed by atoms with van der Waals surface area (Å²) in [6, 6.07) is -1.79. The fourth-order valence-electron chi connectivity index (χ4n) is 2.90. The predicted molar refractivity (Wildman–Crippen MR) is 101 cm³/mol. The van der Waals surface area contributed by atoms with Crippen molar-refractivity contribution in [2.45, 2.75) is 44.2 Å². The lowest BCUT2D eigenvalue weighted by Gasteiger charge is -2.33. The van der Waals surface area contributed by atoms with Crippen LogP contribution in [0.3, 0.4) is 0 Å². The first kappa shape index (κ1) is 23.1. The molecule has 0 aromatic heterocycles. The summed E-state index contributed by atoms with van der Waals surface area (Å²) in [5, 5.41) is 14.2. The van der Waals surface area contributed by atoms with Crippen molar-refractivity contribution in [1.82, 2.24) is 15.5 Å². The molecule has 0 aromatic rings. The Morgan fingerprint density at radius 2 is 1.93 bits per heavy atom. The molecule has 0 radical (unpaired) electrons. The molecule has 12 nitrogen and oxygen atoms in total. The monoisotopic (exact) mass is 399 g/mol. The van der Waals surface area contributed by atoms with Crippen molar-refractivity contribution in [3.8, 4) is 0 Å². The second kappa shape index (κ2) is 11.7. The highest BCUT2D eigenvalue weighted by Crippen LogP contribution is 2.17. The summed E-state index contributed by atoms with van der Waals surface area (Å²) in [7, 11) is 0. The van der Waals surface area contributed by atoms with E-state index in [1.807, 2.05) is 0 Å². The average molecular weight is 399 g/mol. The molecule has 1 heterocycles. The third-order valence-electron chi connectivity index (χ3n) is 4.30. The van der Waals surface area contributed by atoms with Crippen LogP contribution in [0.2, 0.25) is 0 Å². The number of carbonyl (C=O) groups excluding carboxylic acids is 3. The van der Waals surface area contributed by atoms with Gasteiger partial charge in [0.05, 0.1) is 13.1 Å². The molecule has 0 unspecified atom stereocenters. The first-order chi connectivity index (χ1) is 13.3. The summed E-state index contributed by atoms with van der Waals surface area (Å²) in [6.45, 7) is -0.0364. The lowest BCUT2D eigenvalue weighted by atomic mass is 10.0. The van der Waals surface area contributed by atoms with Crippen molar-refractivity contribution in [1.29, 1.82) is 0 Å². The van der Waals surface area contributed by atoms with Gasteiger partial charge in [-0.2, -0.15) is 0 Å². The number of carbonyl (C=O) groups is 4. The Kier molecular flexibility index (Phi) is 9.71. The Labute approximate surface area is 162 Å². The summed E-state index contributed by atoms with van der Waals surface area (Å²) in [6.07, 6.45) is 2.49. The maximum atomic E-state index is 12.4. The lowest BCUT2D eigenvalue weighted by molar-refractivity contribution is -0.151. The number of aliphatic carboxylic acids is 1. The summed E-state index contributed by atoms with van der Waals surface area (Å²) in [5.74, 6) is -2.71. The maximum Gasteiger partial charge on any atom is 0.326 e. The van der Waals surface area contributed by atoms with Gasteiger partial charge in [0.15, 0.2) is 5.96 Å². The molecule has 1 saturated heterocycles. The second-order valence-electron chi connectivity index (χ2n) is 6.43. The van der Waals surface area contributed by atoms with Crippen molar-refractivity contribution < 1.29 is 24.3 Å². The zero-order chi connectivity index (χ0) is 21.1. The molecule has 1 rings (SSSR count). The van der Waals surface area contributed by atoms with Crippen molar-refractivity contribution in [2.24, 2.45) is 22.2 Å². The first-order valence-corrected chi connectivity index (χ1v) is 9.11. The van der Waals surface area contributed by atoms with E-state index in [1.54, 1.807) is 0 Å². The van der Waals surface area contributed by atoms with Gasteiger partial charge >= 0.3 is 5.97 Å². The minimum atomic E-state index is -1.06. The number of nitrogens with two attached hydrogens (primary N) is 3. The molecule has 158 valence electrons. The van der Waals surface area contributed by atoms with E-state index in [-0.39, 0.29) is 32.0 Å². The molecule has 0 saturated carbocycles. The Morgan fingerprint density at radius 1 is 1.21 bits per heavy atom.